The lowest BCUT2D eigenvalue weighted by Crippen LogP contribution is -2.34. The molecule has 0 bridgehead atoms. The Kier molecular flexibility index (Phi) is 18.7. The highest BCUT2D eigenvalue weighted by Crippen LogP contribution is 2.04. The fourth-order valence-corrected chi connectivity index (χ4v) is 3.79. The van der Waals surface area contributed by atoms with Crippen LogP contribution in [0.3, 0.4) is 0 Å². The Morgan fingerprint density at radius 2 is 0.646 bits per heavy atom. The number of carbonyl (C=O) groups excluding carboxylic acids is 8. The molecule has 4 aliphatic heterocycles. The number of nitrogens with zero attached hydrogens (tertiary/aromatic N) is 3. The van der Waals surface area contributed by atoms with Crippen molar-refractivity contribution in [2.24, 2.45) is 0 Å². The van der Waals surface area contributed by atoms with Crippen molar-refractivity contribution in [1.29, 1.82) is 0 Å². The second-order valence-corrected chi connectivity index (χ2v) is 9.73. The van der Waals surface area contributed by atoms with Crippen molar-refractivity contribution < 1.29 is 62.0 Å². The third-order valence-corrected chi connectivity index (χ3v) is 6.18. The minimum absolute atomic E-state index is 0.202. The van der Waals surface area contributed by atoms with Crippen LogP contribution in [-0.4, -0.2) is 148 Å². The van der Waals surface area contributed by atoms with Gasteiger partial charge in [-0.2, -0.15) is 0 Å². The molecule has 4 aliphatic rings. The van der Waals surface area contributed by atoms with E-state index in [1.54, 1.807) is 0 Å². The molecule has 0 spiro atoms. The molecule has 4 rings (SSSR count). The van der Waals surface area contributed by atoms with E-state index in [4.69, 9.17) is 23.7 Å². The van der Waals surface area contributed by atoms with Crippen LogP contribution in [-0.2, 0) is 62.0 Å². The van der Waals surface area contributed by atoms with E-state index in [0.717, 1.165) is 27.7 Å². The van der Waals surface area contributed by atoms with Gasteiger partial charge in [0.05, 0.1) is 79.1 Å². The summed E-state index contributed by atoms with van der Waals surface area (Å²) in [5.41, 5.74) is 0. The van der Waals surface area contributed by atoms with Crippen molar-refractivity contribution in [3.63, 3.8) is 0 Å². The lowest BCUT2D eigenvalue weighted by molar-refractivity contribution is -0.139. The molecule has 4 heterocycles. The number of nitrogens with one attached hydrogen (secondary N) is 1. The van der Waals surface area contributed by atoms with Gasteiger partial charge in [-0.1, -0.05) is 6.92 Å². The smallest absolute Gasteiger partial charge is 0.253 e. The monoisotopic (exact) mass is 676 g/mol. The van der Waals surface area contributed by atoms with Gasteiger partial charge in [-0.25, -0.2) is 0 Å². The van der Waals surface area contributed by atoms with Gasteiger partial charge in [0.1, 0.15) is 0 Å². The first-order chi connectivity index (χ1) is 23.1. The van der Waals surface area contributed by atoms with E-state index in [2.05, 4.69) is 6.92 Å². The zero-order valence-electron chi connectivity index (χ0n) is 26.7. The van der Waals surface area contributed by atoms with Crippen molar-refractivity contribution in [3.8, 4) is 0 Å². The van der Waals surface area contributed by atoms with E-state index in [-0.39, 0.29) is 80.1 Å². The molecule has 17 nitrogen and oxygen atoms in total. The molecule has 0 aromatic rings. The topological polar surface area (TPSA) is 204 Å². The van der Waals surface area contributed by atoms with Crippen LogP contribution in [0.1, 0.15) is 13.3 Å². The predicted molar refractivity (Wildman–Crippen MR) is 164 cm³/mol. The van der Waals surface area contributed by atoms with Crippen LogP contribution in [0, 0.1) is 0 Å². The van der Waals surface area contributed by atoms with Crippen molar-refractivity contribution >= 4 is 47.3 Å². The third kappa shape index (κ3) is 15.3. The molecular weight excluding hydrogens is 636 g/mol. The second kappa shape index (κ2) is 22.8. The van der Waals surface area contributed by atoms with E-state index in [1.807, 2.05) is 5.32 Å². The normalized spacial score (nSPS) is 16.4. The fraction of sp³-hybridized carbons (Fsp3) is 0.484. The molecule has 0 fully saturated rings. The summed E-state index contributed by atoms with van der Waals surface area (Å²) < 4.78 is 26.3. The summed E-state index contributed by atoms with van der Waals surface area (Å²) in [4.78, 5) is 90.8. The highest BCUT2D eigenvalue weighted by atomic mass is 16.5. The molecule has 0 atom stereocenters. The van der Waals surface area contributed by atoms with Gasteiger partial charge in [-0.3, -0.25) is 58.4 Å². The maximum atomic E-state index is 11.2. The van der Waals surface area contributed by atoms with Gasteiger partial charge in [0.2, 0.25) is 0 Å². The number of imide groups is 4. The molecule has 17 heteroatoms. The second-order valence-electron chi connectivity index (χ2n) is 9.73. The summed E-state index contributed by atoms with van der Waals surface area (Å²) >= 11 is 0. The standard InChI is InChI=1S/C14H16N2O6.C13H21NO5.C4H3NO2/c17-11-1-2-12(18)15(11)5-7-21-9-10-22-8-6-16-13(19)3-4-14(16)20;1-2-6-17-8-10-19-11-9-18-7-5-14-12(15)3-4-13(14)16;6-3-1-2-4(7)5-3/h1-4H,5-10H2;3-4H,2,5-11H2,1H3;1-2H,(H,5,6,7). The fourth-order valence-electron chi connectivity index (χ4n) is 3.79. The van der Waals surface area contributed by atoms with Crippen LogP contribution < -0.4 is 5.32 Å². The Labute approximate surface area is 277 Å². The van der Waals surface area contributed by atoms with Crippen LogP contribution in [0.25, 0.3) is 0 Å². The Morgan fingerprint density at radius 3 is 0.875 bits per heavy atom. The predicted octanol–water partition coefficient (Wildman–Crippen LogP) is -1.56. The molecule has 0 radical (unpaired) electrons. The highest BCUT2D eigenvalue weighted by Gasteiger charge is 2.24. The molecule has 8 amide bonds. The molecule has 0 aromatic heterocycles. The SMILES string of the molecule is CCCOCCOCCOCCN1C(=O)C=CC1=O.O=C1C=CC(=O)N1.O=C1C=CC(=O)N1CCOCCOCCN1C(=O)C=CC1=O. The average molecular weight is 677 g/mol. The molecule has 0 unspecified atom stereocenters. The van der Waals surface area contributed by atoms with Gasteiger partial charge in [0.15, 0.2) is 0 Å². The summed E-state index contributed by atoms with van der Waals surface area (Å²) in [5.74, 6) is -2.56. The summed E-state index contributed by atoms with van der Waals surface area (Å²) in [6.07, 6.45) is 10.8. The van der Waals surface area contributed by atoms with Crippen LogP contribution >= 0.6 is 0 Å². The average Bonchev–Trinajstić information content (AvgIpc) is 3.80. The number of hydrogen-bond acceptors (Lipinski definition) is 13. The lowest BCUT2D eigenvalue weighted by atomic mass is 10.5. The van der Waals surface area contributed by atoms with Crippen molar-refractivity contribution in [2.75, 3.05) is 85.7 Å². The molecule has 0 saturated heterocycles. The molecule has 262 valence electrons. The van der Waals surface area contributed by atoms with Gasteiger partial charge in [-0.15, -0.1) is 0 Å². The Hall–Kier alpha value is -4.68. The van der Waals surface area contributed by atoms with Gasteiger partial charge in [0, 0.05) is 55.2 Å². The van der Waals surface area contributed by atoms with E-state index in [1.165, 1.54) is 48.6 Å². The van der Waals surface area contributed by atoms with Crippen LogP contribution in [0.15, 0.2) is 48.6 Å². The largest absolute Gasteiger partial charge is 0.379 e. The van der Waals surface area contributed by atoms with Crippen molar-refractivity contribution in [2.45, 2.75) is 13.3 Å². The van der Waals surface area contributed by atoms with Crippen LogP contribution in [0.5, 0.6) is 0 Å². The van der Waals surface area contributed by atoms with E-state index < -0.39 is 0 Å². The molecule has 48 heavy (non-hydrogen) atoms. The minimum atomic E-state index is -0.335. The van der Waals surface area contributed by atoms with Crippen LogP contribution in [0.4, 0.5) is 0 Å². The zero-order valence-corrected chi connectivity index (χ0v) is 26.7. The quantitative estimate of drug-likeness (QED) is 0.115. The van der Waals surface area contributed by atoms with Gasteiger partial charge < -0.3 is 23.7 Å². The molecule has 0 aromatic carbocycles. The van der Waals surface area contributed by atoms with Crippen molar-refractivity contribution in [3.05, 3.63) is 48.6 Å². The zero-order chi connectivity index (χ0) is 35.1. The molecular formula is C31H40N4O13. The van der Waals surface area contributed by atoms with Gasteiger partial charge in [-0.05, 0) is 6.42 Å². The Bertz CT molecular complexity index is 1170. The summed E-state index contributed by atoms with van der Waals surface area (Å²) in [5, 5.41) is 2.03. The first-order valence-corrected chi connectivity index (χ1v) is 15.2. The van der Waals surface area contributed by atoms with E-state index in [0.29, 0.717) is 46.2 Å². The van der Waals surface area contributed by atoms with Crippen LogP contribution in [0.2, 0.25) is 0 Å². The first kappa shape index (κ1) is 39.5. The number of rotatable bonds is 20. The number of ether oxygens (including phenoxy) is 5. The van der Waals surface area contributed by atoms with Gasteiger partial charge >= 0.3 is 0 Å². The van der Waals surface area contributed by atoms with E-state index >= 15 is 0 Å². The Morgan fingerprint density at radius 1 is 0.396 bits per heavy atom. The van der Waals surface area contributed by atoms with E-state index in [9.17, 15) is 38.4 Å². The number of hydrogen-bond donors (Lipinski definition) is 1. The molecule has 0 saturated carbocycles. The number of carbonyl (C=O) groups is 8. The minimum Gasteiger partial charge on any atom is -0.379 e. The third-order valence-electron chi connectivity index (χ3n) is 6.18. The van der Waals surface area contributed by atoms with Crippen molar-refractivity contribution in [1.82, 2.24) is 20.0 Å². The maximum Gasteiger partial charge on any atom is 0.253 e. The lowest BCUT2D eigenvalue weighted by Gasteiger charge is -2.14. The first-order valence-electron chi connectivity index (χ1n) is 15.2. The maximum absolute atomic E-state index is 11.2. The number of amides is 8. The van der Waals surface area contributed by atoms with Gasteiger partial charge in [0.25, 0.3) is 47.3 Å². The summed E-state index contributed by atoms with van der Waals surface area (Å²) in [6, 6.07) is 0. The highest BCUT2D eigenvalue weighted by molar-refractivity contribution is 6.14. The summed E-state index contributed by atoms with van der Waals surface area (Å²) in [6.45, 7) is 6.95. The Balaban J connectivity index is 0.000000279. The molecule has 0 aliphatic carbocycles. The molecule has 1 N–H and O–H groups in total. The summed E-state index contributed by atoms with van der Waals surface area (Å²) in [7, 11) is 0.